The van der Waals surface area contributed by atoms with Gasteiger partial charge in [0.15, 0.2) is 0 Å². The minimum atomic E-state index is -3.46. The quantitative estimate of drug-likeness (QED) is 0.835. The third kappa shape index (κ3) is 3.66. The molecule has 1 fully saturated rings. The minimum absolute atomic E-state index is 0.00673. The molecule has 116 valence electrons. The molecule has 1 aromatic rings. The lowest BCUT2D eigenvalue weighted by Gasteiger charge is -2.36. The number of sulfonamides is 1. The Kier molecular flexibility index (Phi) is 5.08. The Hall–Kier alpha value is -0.890. The van der Waals surface area contributed by atoms with Crippen LogP contribution in [-0.2, 0) is 10.0 Å². The fourth-order valence-corrected chi connectivity index (χ4v) is 4.21. The second-order valence-electron chi connectivity index (χ2n) is 4.96. The van der Waals surface area contributed by atoms with Crippen LogP contribution in [0.3, 0.4) is 0 Å². The first-order valence-electron chi connectivity index (χ1n) is 6.61. The molecule has 0 bridgehead atoms. The van der Waals surface area contributed by atoms with Crippen LogP contribution >= 0.6 is 23.8 Å². The lowest BCUT2D eigenvalue weighted by atomic mass is 10.2. The second kappa shape index (κ2) is 6.48. The molecule has 0 saturated carbocycles. The van der Waals surface area contributed by atoms with Gasteiger partial charge in [0.05, 0.1) is 4.99 Å². The fourth-order valence-electron chi connectivity index (χ4n) is 2.24. The van der Waals surface area contributed by atoms with Crippen LogP contribution in [0.2, 0.25) is 5.02 Å². The number of benzene rings is 1. The molecule has 21 heavy (non-hydrogen) atoms. The SMILES string of the molecule is CC(C(N)=S)S(=O)(=O)N1CCN(c2cccc(Cl)c2)CC1. The van der Waals surface area contributed by atoms with Crippen molar-refractivity contribution >= 4 is 44.5 Å². The van der Waals surface area contributed by atoms with E-state index in [0.29, 0.717) is 31.2 Å². The summed E-state index contributed by atoms with van der Waals surface area (Å²) in [6.07, 6.45) is 0. The van der Waals surface area contributed by atoms with Gasteiger partial charge in [-0.2, -0.15) is 4.31 Å². The first-order valence-corrected chi connectivity index (χ1v) is 8.90. The van der Waals surface area contributed by atoms with Crippen LogP contribution in [0.5, 0.6) is 0 Å². The van der Waals surface area contributed by atoms with Gasteiger partial charge in [-0.1, -0.05) is 29.9 Å². The van der Waals surface area contributed by atoms with Crippen molar-refractivity contribution in [2.24, 2.45) is 5.73 Å². The van der Waals surface area contributed by atoms with Gasteiger partial charge in [-0.05, 0) is 25.1 Å². The molecule has 1 aromatic carbocycles. The maximum Gasteiger partial charge on any atom is 0.223 e. The number of anilines is 1. The van der Waals surface area contributed by atoms with Crippen molar-refractivity contribution in [1.82, 2.24) is 4.31 Å². The van der Waals surface area contributed by atoms with Gasteiger partial charge in [-0.25, -0.2) is 8.42 Å². The lowest BCUT2D eigenvalue weighted by Crippen LogP contribution is -2.52. The van der Waals surface area contributed by atoms with Crippen molar-refractivity contribution in [3.8, 4) is 0 Å². The zero-order chi connectivity index (χ0) is 15.6. The Labute approximate surface area is 135 Å². The average molecular weight is 348 g/mol. The van der Waals surface area contributed by atoms with Crippen LogP contribution < -0.4 is 10.6 Å². The molecular weight excluding hydrogens is 330 g/mol. The van der Waals surface area contributed by atoms with E-state index in [4.69, 9.17) is 29.6 Å². The Morgan fingerprint density at radius 1 is 1.33 bits per heavy atom. The van der Waals surface area contributed by atoms with Crippen LogP contribution in [0.1, 0.15) is 6.92 Å². The zero-order valence-electron chi connectivity index (χ0n) is 11.7. The van der Waals surface area contributed by atoms with Crippen molar-refractivity contribution in [3.63, 3.8) is 0 Å². The highest BCUT2D eigenvalue weighted by Crippen LogP contribution is 2.22. The summed E-state index contributed by atoms with van der Waals surface area (Å²) >= 11 is 10.8. The van der Waals surface area contributed by atoms with Gasteiger partial charge in [0, 0.05) is 36.9 Å². The molecule has 8 heteroatoms. The van der Waals surface area contributed by atoms with Crippen LogP contribution in [0.25, 0.3) is 0 Å². The van der Waals surface area contributed by atoms with E-state index in [2.05, 4.69) is 4.90 Å². The van der Waals surface area contributed by atoms with Crippen LogP contribution in [0.15, 0.2) is 24.3 Å². The molecule has 1 aliphatic heterocycles. The maximum atomic E-state index is 12.3. The minimum Gasteiger partial charge on any atom is -0.392 e. The summed E-state index contributed by atoms with van der Waals surface area (Å²) in [4.78, 5) is 2.12. The first-order chi connectivity index (χ1) is 9.82. The highest BCUT2D eigenvalue weighted by molar-refractivity contribution is 7.92. The smallest absolute Gasteiger partial charge is 0.223 e. The molecule has 0 aliphatic carbocycles. The van der Waals surface area contributed by atoms with Crippen molar-refractivity contribution in [1.29, 1.82) is 0 Å². The topological polar surface area (TPSA) is 66.6 Å². The standard InChI is InChI=1S/C13H18ClN3O2S2/c1-10(13(15)20)21(18,19)17-7-5-16(6-8-17)12-4-2-3-11(14)9-12/h2-4,9-10H,5-8H2,1H3,(H2,15,20). The predicted octanol–water partition coefficient (Wildman–Crippen LogP) is 1.47. The maximum absolute atomic E-state index is 12.3. The Balaban J connectivity index is 2.05. The largest absolute Gasteiger partial charge is 0.392 e. The molecule has 2 rings (SSSR count). The summed E-state index contributed by atoms with van der Waals surface area (Å²) in [5, 5.41) is -0.158. The lowest BCUT2D eigenvalue weighted by molar-refractivity contribution is 0.383. The highest BCUT2D eigenvalue weighted by Gasteiger charge is 2.33. The third-order valence-electron chi connectivity index (χ3n) is 3.62. The molecule has 5 nitrogen and oxygen atoms in total. The van der Waals surface area contributed by atoms with Crippen LogP contribution in [0.4, 0.5) is 5.69 Å². The molecule has 0 radical (unpaired) electrons. The molecule has 1 atom stereocenters. The van der Waals surface area contributed by atoms with Gasteiger partial charge in [-0.3, -0.25) is 0 Å². The molecule has 1 aliphatic rings. The molecule has 0 aromatic heterocycles. The summed E-state index contributed by atoms with van der Waals surface area (Å²) in [5.41, 5.74) is 6.47. The number of halogens is 1. The monoisotopic (exact) mass is 347 g/mol. The summed E-state index contributed by atoms with van der Waals surface area (Å²) in [5.74, 6) is 0. The highest BCUT2D eigenvalue weighted by atomic mass is 35.5. The van der Waals surface area contributed by atoms with E-state index in [1.54, 1.807) is 0 Å². The number of nitrogens with zero attached hydrogens (tertiary/aromatic N) is 2. The summed E-state index contributed by atoms with van der Waals surface area (Å²) in [7, 11) is -3.46. The zero-order valence-corrected chi connectivity index (χ0v) is 14.1. The van der Waals surface area contributed by atoms with Gasteiger partial charge in [0.2, 0.25) is 10.0 Å². The Bertz CT molecular complexity index is 628. The van der Waals surface area contributed by atoms with Crippen molar-refractivity contribution in [2.75, 3.05) is 31.1 Å². The van der Waals surface area contributed by atoms with E-state index in [9.17, 15) is 8.42 Å². The van der Waals surface area contributed by atoms with Gasteiger partial charge >= 0.3 is 0 Å². The third-order valence-corrected chi connectivity index (χ3v) is 6.59. The normalized spacial score (nSPS) is 18.5. The average Bonchev–Trinajstić information content (AvgIpc) is 2.46. The van der Waals surface area contributed by atoms with Gasteiger partial charge in [0.1, 0.15) is 5.25 Å². The molecular formula is C13H18ClN3O2S2. The number of piperazine rings is 1. The summed E-state index contributed by atoms with van der Waals surface area (Å²) < 4.78 is 26.1. The van der Waals surface area contributed by atoms with Gasteiger partial charge in [0.25, 0.3) is 0 Å². The van der Waals surface area contributed by atoms with Gasteiger partial charge < -0.3 is 10.6 Å². The number of rotatable bonds is 4. The number of thiocarbonyl (C=S) groups is 1. The van der Waals surface area contributed by atoms with Crippen LogP contribution in [-0.4, -0.2) is 49.1 Å². The van der Waals surface area contributed by atoms with Crippen molar-refractivity contribution < 1.29 is 8.42 Å². The van der Waals surface area contributed by atoms with Gasteiger partial charge in [-0.15, -0.1) is 0 Å². The fraction of sp³-hybridized carbons (Fsp3) is 0.462. The summed E-state index contributed by atoms with van der Waals surface area (Å²) in [6, 6.07) is 7.54. The van der Waals surface area contributed by atoms with Crippen LogP contribution in [0, 0.1) is 0 Å². The molecule has 0 spiro atoms. The number of nitrogens with two attached hydrogens (primary N) is 1. The molecule has 2 N–H and O–H groups in total. The molecule has 0 amide bonds. The Morgan fingerprint density at radius 3 is 2.48 bits per heavy atom. The Morgan fingerprint density at radius 2 is 1.95 bits per heavy atom. The van der Waals surface area contributed by atoms with E-state index >= 15 is 0 Å². The van der Waals surface area contributed by atoms with E-state index < -0.39 is 15.3 Å². The van der Waals surface area contributed by atoms with E-state index in [1.165, 1.54) is 11.2 Å². The summed E-state index contributed by atoms with van der Waals surface area (Å²) in [6.45, 7) is 3.60. The number of hydrogen-bond acceptors (Lipinski definition) is 4. The van der Waals surface area contributed by atoms with Crippen molar-refractivity contribution in [3.05, 3.63) is 29.3 Å². The molecule has 1 unspecified atom stereocenters. The first kappa shape index (κ1) is 16.5. The second-order valence-corrected chi connectivity index (χ2v) is 8.12. The van der Waals surface area contributed by atoms with E-state index in [0.717, 1.165) is 5.69 Å². The van der Waals surface area contributed by atoms with Crippen molar-refractivity contribution in [2.45, 2.75) is 12.2 Å². The van der Waals surface area contributed by atoms with E-state index in [-0.39, 0.29) is 4.99 Å². The molecule has 1 saturated heterocycles. The predicted molar refractivity (Wildman–Crippen MR) is 90.4 cm³/mol. The number of hydrogen-bond donors (Lipinski definition) is 1. The molecule has 1 heterocycles. The van der Waals surface area contributed by atoms with E-state index in [1.807, 2.05) is 24.3 Å².